The number of carbonyl (C=O) groups is 1. The molecule has 0 radical (unpaired) electrons. The van der Waals surface area contributed by atoms with Gasteiger partial charge in [-0.15, -0.1) is 0 Å². The quantitative estimate of drug-likeness (QED) is 0.846. The average molecular weight is 260 g/mol. The van der Waals surface area contributed by atoms with Gasteiger partial charge in [-0.2, -0.15) is 0 Å². The predicted molar refractivity (Wildman–Crippen MR) is 71.7 cm³/mol. The number of carboxylic acids is 1. The molecule has 4 heteroatoms. The molecule has 2 saturated carbocycles. The maximum atomic E-state index is 11.4. The van der Waals surface area contributed by atoms with Crippen LogP contribution in [0.25, 0.3) is 0 Å². The first-order valence-electron chi connectivity index (χ1n) is 7.12. The van der Waals surface area contributed by atoms with Crippen LogP contribution in [0.1, 0.15) is 25.0 Å². The van der Waals surface area contributed by atoms with Crippen LogP contribution in [0.3, 0.4) is 0 Å². The Labute approximate surface area is 113 Å². The van der Waals surface area contributed by atoms with Gasteiger partial charge in [0.1, 0.15) is 0 Å². The molecule has 0 saturated heterocycles. The summed E-state index contributed by atoms with van der Waals surface area (Å²) >= 11 is 0. The van der Waals surface area contributed by atoms with Gasteiger partial charge in [0.25, 0.3) is 0 Å². The van der Waals surface area contributed by atoms with Crippen LogP contribution in [0.15, 0.2) is 24.4 Å². The second-order valence-corrected chi connectivity index (χ2v) is 5.75. The first kappa shape index (κ1) is 12.6. The van der Waals surface area contributed by atoms with Crippen molar-refractivity contribution in [3.8, 4) is 0 Å². The summed E-state index contributed by atoms with van der Waals surface area (Å²) in [6.07, 6.45) is 6.04. The Morgan fingerprint density at radius 1 is 1.37 bits per heavy atom. The molecule has 3 rings (SSSR count). The van der Waals surface area contributed by atoms with Crippen molar-refractivity contribution in [2.45, 2.75) is 31.7 Å². The number of carboxylic acid groups (broad SMARTS) is 1. The van der Waals surface area contributed by atoms with Gasteiger partial charge in [0.05, 0.1) is 5.92 Å². The van der Waals surface area contributed by atoms with E-state index < -0.39 is 5.97 Å². The zero-order valence-corrected chi connectivity index (χ0v) is 11.0. The van der Waals surface area contributed by atoms with Crippen molar-refractivity contribution in [2.75, 3.05) is 6.54 Å². The highest BCUT2D eigenvalue weighted by atomic mass is 16.4. The van der Waals surface area contributed by atoms with Crippen LogP contribution >= 0.6 is 0 Å². The number of nitrogens with zero attached hydrogens (tertiary/aromatic N) is 1. The second kappa shape index (κ2) is 5.29. The van der Waals surface area contributed by atoms with E-state index in [0.29, 0.717) is 11.8 Å². The number of hydrogen-bond donors (Lipinski definition) is 2. The number of fused-ring (bicyclic) bond motifs is 2. The lowest BCUT2D eigenvalue weighted by Gasteiger charge is -2.29. The van der Waals surface area contributed by atoms with Gasteiger partial charge in [-0.25, -0.2) is 0 Å². The van der Waals surface area contributed by atoms with E-state index in [2.05, 4.69) is 10.3 Å². The molecule has 1 heterocycles. The summed E-state index contributed by atoms with van der Waals surface area (Å²) in [5, 5.41) is 12.8. The highest BCUT2D eigenvalue weighted by Crippen LogP contribution is 2.48. The molecule has 4 atom stereocenters. The maximum absolute atomic E-state index is 11.4. The van der Waals surface area contributed by atoms with Crippen LogP contribution in [0, 0.1) is 17.8 Å². The minimum Gasteiger partial charge on any atom is -0.481 e. The van der Waals surface area contributed by atoms with Crippen LogP contribution in [-0.2, 0) is 11.2 Å². The Kier molecular flexibility index (Phi) is 3.51. The zero-order chi connectivity index (χ0) is 13.2. The molecule has 0 spiro atoms. The summed E-state index contributed by atoms with van der Waals surface area (Å²) in [4.78, 5) is 15.7. The van der Waals surface area contributed by atoms with Gasteiger partial charge >= 0.3 is 5.97 Å². The average Bonchev–Trinajstić information content (AvgIpc) is 3.00. The number of nitrogens with one attached hydrogen (secondary N) is 1. The van der Waals surface area contributed by atoms with E-state index in [1.165, 1.54) is 6.42 Å². The molecule has 2 bridgehead atoms. The van der Waals surface area contributed by atoms with E-state index in [1.807, 2.05) is 18.2 Å². The number of aromatic nitrogens is 1. The molecule has 0 amide bonds. The third-order valence-electron chi connectivity index (χ3n) is 4.69. The number of pyridine rings is 1. The minimum absolute atomic E-state index is 0.167. The van der Waals surface area contributed by atoms with Crippen molar-refractivity contribution in [1.82, 2.24) is 10.3 Å². The summed E-state index contributed by atoms with van der Waals surface area (Å²) in [5.41, 5.74) is 1.06. The van der Waals surface area contributed by atoms with Gasteiger partial charge < -0.3 is 10.4 Å². The van der Waals surface area contributed by atoms with Gasteiger partial charge in [0.15, 0.2) is 0 Å². The Balaban J connectivity index is 1.56. The summed E-state index contributed by atoms with van der Waals surface area (Å²) in [6, 6.07) is 6.07. The minimum atomic E-state index is -0.623. The summed E-state index contributed by atoms with van der Waals surface area (Å²) in [7, 11) is 0. The van der Waals surface area contributed by atoms with Crippen molar-refractivity contribution in [2.24, 2.45) is 17.8 Å². The first-order valence-corrected chi connectivity index (χ1v) is 7.12. The van der Waals surface area contributed by atoms with Crippen molar-refractivity contribution in [3.05, 3.63) is 30.1 Å². The van der Waals surface area contributed by atoms with Crippen LogP contribution in [0.5, 0.6) is 0 Å². The van der Waals surface area contributed by atoms with E-state index in [-0.39, 0.29) is 12.0 Å². The highest BCUT2D eigenvalue weighted by molar-refractivity contribution is 5.72. The molecule has 4 unspecified atom stereocenters. The predicted octanol–water partition coefficient (Wildman–Crippen LogP) is 1.71. The van der Waals surface area contributed by atoms with Gasteiger partial charge in [-0.05, 0) is 43.2 Å². The molecule has 2 aliphatic rings. The fourth-order valence-electron chi connectivity index (χ4n) is 3.85. The third-order valence-corrected chi connectivity index (χ3v) is 4.69. The molecule has 102 valence electrons. The number of rotatable bonds is 5. The fourth-order valence-corrected chi connectivity index (χ4v) is 3.85. The summed E-state index contributed by atoms with van der Waals surface area (Å²) in [5.74, 6) is 0.162. The first-order chi connectivity index (χ1) is 9.25. The molecule has 2 aliphatic carbocycles. The van der Waals surface area contributed by atoms with E-state index in [9.17, 15) is 9.90 Å². The SMILES string of the molecule is O=C(O)C1C2CCC(C2)C1NCCc1ccccn1. The smallest absolute Gasteiger partial charge is 0.308 e. The Morgan fingerprint density at radius 2 is 2.21 bits per heavy atom. The van der Waals surface area contributed by atoms with Crippen LogP contribution in [-0.4, -0.2) is 28.6 Å². The van der Waals surface area contributed by atoms with Gasteiger partial charge in [0, 0.05) is 30.9 Å². The Morgan fingerprint density at radius 3 is 2.95 bits per heavy atom. The Hall–Kier alpha value is -1.42. The Bertz CT molecular complexity index is 449. The molecule has 2 fully saturated rings. The molecular formula is C15H20N2O2. The largest absolute Gasteiger partial charge is 0.481 e. The van der Waals surface area contributed by atoms with Gasteiger partial charge in [0.2, 0.25) is 0 Å². The second-order valence-electron chi connectivity index (χ2n) is 5.75. The molecule has 4 nitrogen and oxygen atoms in total. The number of hydrogen-bond acceptors (Lipinski definition) is 3. The van der Waals surface area contributed by atoms with E-state index >= 15 is 0 Å². The molecular weight excluding hydrogens is 240 g/mol. The zero-order valence-electron chi connectivity index (χ0n) is 11.0. The third kappa shape index (κ3) is 2.50. The topological polar surface area (TPSA) is 62.2 Å². The summed E-state index contributed by atoms with van der Waals surface area (Å²) in [6.45, 7) is 0.814. The standard InChI is InChI=1S/C15H20N2O2/c18-15(19)13-10-4-5-11(9-10)14(13)17-8-6-12-3-1-2-7-16-12/h1-3,7,10-11,13-14,17H,4-6,8-9H2,(H,18,19). The highest BCUT2D eigenvalue weighted by Gasteiger charge is 2.50. The fraction of sp³-hybridized carbons (Fsp3) is 0.600. The lowest BCUT2D eigenvalue weighted by atomic mass is 9.84. The van der Waals surface area contributed by atoms with Gasteiger partial charge in [-0.3, -0.25) is 9.78 Å². The van der Waals surface area contributed by atoms with E-state index in [4.69, 9.17) is 0 Å². The van der Waals surface area contributed by atoms with Crippen molar-refractivity contribution in [1.29, 1.82) is 0 Å². The molecule has 0 aliphatic heterocycles. The monoisotopic (exact) mass is 260 g/mol. The molecule has 2 N–H and O–H groups in total. The van der Waals surface area contributed by atoms with E-state index in [0.717, 1.165) is 31.5 Å². The lowest BCUT2D eigenvalue weighted by Crippen LogP contribution is -2.44. The van der Waals surface area contributed by atoms with Crippen LogP contribution in [0.4, 0.5) is 0 Å². The van der Waals surface area contributed by atoms with Gasteiger partial charge in [-0.1, -0.05) is 6.07 Å². The van der Waals surface area contributed by atoms with E-state index in [1.54, 1.807) is 6.20 Å². The molecule has 0 aromatic carbocycles. The van der Waals surface area contributed by atoms with Crippen molar-refractivity contribution < 1.29 is 9.90 Å². The molecule has 1 aromatic heterocycles. The molecule has 19 heavy (non-hydrogen) atoms. The normalized spacial score (nSPS) is 32.6. The van der Waals surface area contributed by atoms with Crippen molar-refractivity contribution in [3.63, 3.8) is 0 Å². The number of aliphatic carboxylic acids is 1. The van der Waals surface area contributed by atoms with Crippen LogP contribution in [0.2, 0.25) is 0 Å². The summed E-state index contributed by atoms with van der Waals surface area (Å²) < 4.78 is 0. The lowest BCUT2D eigenvalue weighted by molar-refractivity contribution is -0.144. The van der Waals surface area contributed by atoms with Crippen molar-refractivity contribution >= 4 is 5.97 Å². The molecule has 1 aromatic rings. The van der Waals surface area contributed by atoms with Crippen LogP contribution < -0.4 is 5.32 Å². The maximum Gasteiger partial charge on any atom is 0.308 e.